The largest absolute Gasteiger partial charge is 0.481 e. The summed E-state index contributed by atoms with van der Waals surface area (Å²) in [5, 5.41) is 12.0. The van der Waals surface area contributed by atoms with E-state index in [-0.39, 0.29) is 62.3 Å². The summed E-state index contributed by atoms with van der Waals surface area (Å²) in [6.07, 6.45) is 5.40. The molecule has 0 fully saturated rings. The average molecular weight is 1020 g/mol. The Bertz CT molecular complexity index is 2640. The monoisotopic (exact) mass is 1020 g/mol. The molecule has 5 N–H and O–H groups in total. The van der Waals surface area contributed by atoms with Gasteiger partial charge in [0, 0.05) is 30.0 Å². The maximum atomic E-state index is 14.5. The fourth-order valence-electron chi connectivity index (χ4n) is 6.07. The first kappa shape index (κ1) is 53.5. The zero-order valence-electron chi connectivity index (χ0n) is 36.3. The van der Waals surface area contributed by atoms with Gasteiger partial charge in [0.15, 0.2) is 14.0 Å². The van der Waals surface area contributed by atoms with Crippen LogP contribution in [0.25, 0.3) is 5.78 Å². The number of rotatable bonds is 17. The second kappa shape index (κ2) is 23.6. The number of amides is 2. The Hall–Kier alpha value is -5.09. The minimum atomic E-state index is -4.18. The fraction of sp³-hybridized carbons (Fsp3) is 0.425. The molecule has 66 heavy (non-hydrogen) atoms. The lowest BCUT2D eigenvalue weighted by molar-refractivity contribution is -0.146. The van der Waals surface area contributed by atoms with E-state index in [1.807, 2.05) is 6.92 Å². The highest BCUT2D eigenvalue weighted by molar-refractivity contribution is 7.92. The topological polar surface area (TPSA) is 281 Å². The molecule has 3 heterocycles. The number of unbranched alkanes of at least 4 members (excludes halogenated alkanes) is 2. The molecule has 2 amide bonds. The van der Waals surface area contributed by atoms with E-state index in [9.17, 15) is 36.6 Å². The number of ether oxygens (including phenoxy) is 4. The number of aryl methyl sites for hydroxylation is 1. The summed E-state index contributed by atoms with van der Waals surface area (Å²) in [7, 11) is -4.47. The molecule has 4 aromatic rings. The Balaban J connectivity index is 0.000000237. The third-order valence-corrected chi connectivity index (χ3v) is 12.9. The number of hydrogen-bond donors (Lipinski definition) is 4. The van der Waals surface area contributed by atoms with Crippen molar-refractivity contribution in [3.05, 3.63) is 67.9 Å². The van der Waals surface area contributed by atoms with Gasteiger partial charge in [0.25, 0.3) is 32.8 Å². The van der Waals surface area contributed by atoms with Gasteiger partial charge in [0.1, 0.15) is 17.6 Å². The number of halogens is 4. The Morgan fingerprint density at radius 3 is 2.24 bits per heavy atom. The standard InChI is InChI=1S/C21H23ClFNO5.C14H13Cl2N5O4S.C5H12NO4P/c1-2-3-6-9-28-19(25)12-29-18-11-17(16(23)10-15(18)22)24-20(26)13-7-4-5-8-14(13)21(24)27;1-7-4-5-8(15)12(11(7)16)20-26(22,23)14-18-13-17-9(24-2)6-10(25-3)21(13)19-14;1-11(9,10)3-2-4(6)5(7)8/h10-11H,2-9,12H2,1H3;4-6,20H,1-3H3;4H,2-3,6H2,1H3,(H,7,8)(H,9,10). The number of carboxylic acids is 1. The van der Waals surface area contributed by atoms with Crippen LogP contribution in [-0.2, 0) is 38.5 Å². The van der Waals surface area contributed by atoms with Crippen LogP contribution in [-0.4, -0.2) is 108 Å². The predicted octanol–water partition coefficient (Wildman–Crippen LogP) is 6.58. The summed E-state index contributed by atoms with van der Waals surface area (Å²) in [6.45, 7) is 4.84. The number of carbonyl (C=O) groups excluding carboxylic acids is 3. The van der Waals surface area contributed by atoms with Crippen LogP contribution in [0.4, 0.5) is 15.8 Å². The minimum Gasteiger partial charge on any atom is -0.481 e. The van der Waals surface area contributed by atoms with Gasteiger partial charge in [-0.3, -0.25) is 23.7 Å². The minimum absolute atomic E-state index is 0.000883. The molecule has 0 bridgehead atoms. The van der Waals surface area contributed by atoms with Crippen molar-refractivity contribution in [3.63, 3.8) is 0 Å². The molecular formula is C40H48Cl3FN7O13PS. The summed E-state index contributed by atoms with van der Waals surface area (Å²) in [6, 6.07) is 5.77. The molecule has 2 aromatic carbocycles. The van der Waals surface area contributed by atoms with Gasteiger partial charge in [-0.1, -0.05) is 60.6 Å². The third-order valence-electron chi connectivity index (χ3n) is 9.58. The van der Waals surface area contributed by atoms with E-state index in [1.165, 1.54) is 39.1 Å². The zero-order chi connectivity index (χ0) is 49.1. The number of nitrogens with zero attached hydrogens (tertiary/aromatic N) is 5. The fourth-order valence-corrected chi connectivity index (χ4v) is 8.58. The molecule has 0 radical (unpaired) electrons. The van der Waals surface area contributed by atoms with Crippen molar-refractivity contribution in [2.45, 2.75) is 76.4 Å². The first-order valence-corrected chi connectivity index (χ1v) is 24.9. The highest BCUT2D eigenvalue weighted by Crippen LogP contribution is 2.40. The van der Waals surface area contributed by atoms with Gasteiger partial charge in [-0.25, -0.2) is 14.1 Å². The average Bonchev–Trinajstić information content (AvgIpc) is 3.83. The van der Waals surface area contributed by atoms with Gasteiger partial charge < -0.3 is 34.7 Å². The van der Waals surface area contributed by atoms with Crippen molar-refractivity contribution in [1.29, 1.82) is 0 Å². The molecule has 0 spiro atoms. The maximum Gasteiger partial charge on any atom is 0.344 e. The molecule has 2 atom stereocenters. The summed E-state index contributed by atoms with van der Waals surface area (Å²) in [5.74, 6) is -3.16. The van der Waals surface area contributed by atoms with Gasteiger partial charge in [-0.05, 0) is 63.1 Å². The Kier molecular flexibility index (Phi) is 19.1. The van der Waals surface area contributed by atoms with Gasteiger partial charge in [-0.2, -0.15) is 22.9 Å². The number of imide groups is 1. The summed E-state index contributed by atoms with van der Waals surface area (Å²) in [4.78, 5) is 64.8. The normalized spacial score (nSPS) is 14.9. The molecule has 1 aliphatic heterocycles. The number of fused-ring (bicyclic) bond motifs is 1. The molecule has 20 nitrogen and oxygen atoms in total. The number of sulfonamides is 1. The van der Waals surface area contributed by atoms with Crippen LogP contribution in [0.1, 0.15) is 63.9 Å². The second-order valence-corrected chi connectivity index (χ2v) is 20.0. The molecule has 6 rings (SSSR count). The van der Waals surface area contributed by atoms with Crippen molar-refractivity contribution < 1.29 is 65.5 Å². The van der Waals surface area contributed by atoms with Crippen molar-refractivity contribution in [3.8, 4) is 17.5 Å². The van der Waals surface area contributed by atoms with Gasteiger partial charge in [0.05, 0.1) is 53.3 Å². The predicted molar refractivity (Wildman–Crippen MR) is 242 cm³/mol. The molecule has 2 aliphatic rings. The smallest absolute Gasteiger partial charge is 0.344 e. The molecule has 0 saturated heterocycles. The quantitative estimate of drug-likeness (QED) is 0.0376. The number of carbonyl (C=O) groups is 4. The van der Waals surface area contributed by atoms with Gasteiger partial charge in [0.2, 0.25) is 11.8 Å². The van der Waals surface area contributed by atoms with E-state index < -0.39 is 64.8 Å². The van der Waals surface area contributed by atoms with Crippen LogP contribution in [0.5, 0.6) is 17.5 Å². The van der Waals surface area contributed by atoms with Crippen LogP contribution in [0.3, 0.4) is 0 Å². The van der Waals surface area contributed by atoms with Crippen LogP contribution in [0.2, 0.25) is 15.1 Å². The molecule has 1 aliphatic carbocycles. The number of aromatic nitrogens is 4. The number of aliphatic carboxylic acids is 1. The molecule has 26 heteroatoms. The van der Waals surface area contributed by atoms with E-state index in [0.717, 1.165) is 47.6 Å². The number of hydrogen-bond acceptors (Lipinski definition) is 15. The number of methoxy groups -OCH3 is 2. The zero-order valence-corrected chi connectivity index (χ0v) is 40.3. The number of nitrogens with two attached hydrogens (primary N) is 1. The Morgan fingerprint density at radius 1 is 1.02 bits per heavy atom. The maximum absolute atomic E-state index is 14.5. The second-order valence-electron chi connectivity index (χ2n) is 14.7. The summed E-state index contributed by atoms with van der Waals surface area (Å²) >= 11 is 18.2. The number of carboxylic acid groups (broad SMARTS) is 1. The van der Waals surface area contributed by atoms with E-state index in [2.05, 4.69) is 19.8 Å². The van der Waals surface area contributed by atoms with E-state index in [1.54, 1.807) is 13.0 Å². The van der Waals surface area contributed by atoms with Gasteiger partial charge in [-0.15, -0.1) is 5.10 Å². The SMILES string of the molecule is CCCCCOC(=O)COc1cc(N2C(=O)C3=C(CCCC3)C2=O)c(F)cc1Cl.COc1cc(OC)n2nc(S(=O)(=O)Nc3c(Cl)ccc(C)c3Cl)nc2n1.CP(=O)(O)CCC(N)C(=O)O. The first-order chi connectivity index (χ1) is 31.0. The third kappa shape index (κ3) is 14.0. The highest BCUT2D eigenvalue weighted by atomic mass is 35.5. The van der Waals surface area contributed by atoms with Crippen molar-refractivity contribution >= 4 is 93.1 Å². The molecular weight excluding hydrogens is 975 g/mol. The van der Waals surface area contributed by atoms with E-state index in [4.69, 9.17) is 69.5 Å². The van der Waals surface area contributed by atoms with E-state index in [0.29, 0.717) is 36.2 Å². The number of benzene rings is 2. The van der Waals surface area contributed by atoms with Crippen LogP contribution in [0, 0.1) is 12.7 Å². The van der Waals surface area contributed by atoms with Crippen LogP contribution < -0.4 is 29.6 Å². The molecule has 2 aromatic heterocycles. The summed E-state index contributed by atoms with van der Waals surface area (Å²) in [5.41, 5.74) is 6.47. The molecule has 360 valence electrons. The number of anilines is 2. The first-order valence-electron chi connectivity index (χ1n) is 20.0. The van der Waals surface area contributed by atoms with Crippen molar-refractivity contribution in [2.24, 2.45) is 5.73 Å². The highest BCUT2D eigenvalue weighted by Gasteiger charge is 2.41. The Labute approximate surface area is 394 Å². The number of esters is 1. The van der Waals surface area contributed by atoms with Crippen LogP contribution >= 0.6 is 42.2 Å². The Morgan fingerprint density at radius 2 is 1.67 bits per heavy atom. The van der Waals surface area contributed by atoms with Crippen LogP contribution in [0.15, 0.2) is 46.6 Å². The lowest BCUT2D eigenvalue weighted by Crippen LogP contribution is -2.32. The lowest BCUT2D eigenvalue weighted by Gasteiger charge is -2.18. The molecule has 0 saturated carbocycles. The van der Waals surface area contributed by atoms with Gasteiger partial charge >= 0.3 is 11.9 Å². The number of nitrogens with one attached hydrogen (secondary N) is 1. The van der Waals surface area contributed by atoms with Crippen molar-refractivity contribution in [2.75, 3.05) is 49.9 Å². The van der Waals surface area contributed by atoms with Crippen molar-refractivity contribution in [1.82, 2.24) is 19.6 Å². The van der Waals surface area contributed by atoms with E-state index >= 15 is 0 Å². The summed E-state index contributed by atoms with van der Waals surface area (Å²) < 4.78 is 74.6. The molecule has 2 unspecified atom stereocenters. The lowest BCUT2D eigenvalue weighted by atomic mass is 9.93.